The minimum absolute atomic E-state index is 0.0689. The van der Waals surface area contributed by atoms with Crippen molar-refractivity contribution >= 4 is 10.9 Å². The number of pyridine rings is 1. The molecule has 0 saturated carbocycles. The van der Waals surface area contributed by atoms with E-state index in [9.17, 15) is 9.90 Å². The van der Waals surface area contributed by atoms with E-state index in [1.54, 1.807) is 44.0 Å². The van der Waals surface area contributed by atoms with Gasteiger partial charge in [0, 0.05) is 18.5 Å². The molecule has 0 fully saturated rings. The highest BCUT2D eigenvalue weighted by atomic mass is 127. The van der Waals surface area contributed by atoms with Gasteiger partial charge in [-0.05, 0) is 36.4 Å². The van der Waals surface area contributed by atoms with E-state index in [0.717, 1.165) is 9.32 Å². The second-order valence-electron chi connectivity index (χ2n) is 5.16. The van der Waals surface area contributed by atoms with Gasteiger partial charge in [-0.3, -0.25) is 4.79 Å². The van der Waals surface area contributed by atoms with Crippen molar-refractivity contribution in [1.82, 2.24) is 4.57 Å². The van der Waals surface area contributed by atoms with Crippen molar-refractivity contribution in [3.8, 4) is 17.2 Å². The van der Waals surface area contributed by atoms with Crippen LogP contribution in [0, 0.1) is 7.14 Å². The van der Waals surface area contributed by atoms with Crippen LogP contribution in [-0.4, -0.2) is 23.9 Å². The van der Waals surface area contributed by atoms with Crippen LogP contribution in [0.2, 0.25) is 0 Å². The number of aromatic nitrogens is 1. The molecule has 1 aromatic heterocycles. The van der Waals surface area contributed by atoms with Crippen LogP contribution in [-0.2, 0) is 7.05 Å². The number of aromatic hydroxyl groups is 1. The zero-order chi connectivity index (χ0) is 17.3. The number of nitrogens with zero attached hydrogens (tertiary/aromatic N) is 1. The third kappa shape index (κ3) is 2.93. The summed E-state index contributed by atoms with van der Waals surface area (Å²) in [5.41, 5.74) is 0.483. The molecule has 1 heterocycles. The summed E-state index contributed by atoms with van der Waals surface area (Å²) in [7, 11) is 4.90. The molecular formula is C18H17INO4+. The summed E-state index contributed by atoms with van der Waals surface area (Å²) < 4.78 is 13.4. The van der Waals surface area contributed by atoms with Crippen LogP contribution in [0.5, 0.6) is 17.2 Å². The SMILES string of the molecule is COc1ccc([I+]c2c(O)c3ccc(OC)cc3n(C)c2=O)cc1. The first-order valence-electron chi connectivity index (χ1n) is 7.23. The first-order valence-corrected chi connectivity index (χ1v) is 9.39. The number of methoxy groups -OCH3 is 2. The van der Waals surface area contributed by atoms with Crippen LogP contribution in [0.4, 0.5) is 0 Å². The predicted octanol–water partition coefficient (Wildman–Crippen LogP) is -0.610. The molecule has 0 unspecified atom stereocenters. The zero-order valence-electron chi connectivity index (χ0n) is 13.5. The fourth-order valence-corrected chi connectivity index (χ4v) is 4.90. The summed E-state index contributed by atoms with van der Waals surface area (Å²) in [4.78, 5) is 12.7. The quantitative estimate of drug-likeness (QED) is 0.553. The highest BCUT2D eigenvalue weighted by Gasteiger charge is 2.28. The molecule has 124 valence electrons. The van der Waals surface area contributed by atoms with Gasteiger partial charge in [0.25, 0.3) is 0 Å². The molecule has 2 aromatic carbocycles. The lowest BCUT2D eigenvalue weighted by Crippen LogP contribution is -3.62. The minimum Gasteiger partial charge on any atom is -0.503 e. The number of halogens is 1. The maximum absolute atomic E-state index is 12.7. The molecule has 3 aromatic rings. The van der Waals surface area contributed by atoms with Gasteiger partial charge >= 0.3 is 30.3 Å². The Morgan fingerprint density at radius 3 is 2.25 bits per heavy atom. The van der Waals surface area contributed by atoms with E-state index in [4.69, 9.17) is 9.47 Å². The first kappa shape index (κ1) is 16.6. The van der Waals surface area contributed by atoms with Gasteiger partial charge < -0.3 is 19.1 Å². The van der Waals surface area contributed by atoms with Crippen LogP contribution in [0.25, 0.3) is 10.9 Å². The largest absolute Gasteiger partial charge is 0.503 e. The Morgan fingerprint density at radius 1 is 1.00 bits per heavy atom. The summed E-state index contributed by atoms with van der Waals surface area (Å²) in [5.74, 6) is 1.49. The van der Waals surface area contributed by atoms with E-state index in [1.807, 2.05) is 24.3 Å². The van der Waals surface area contributed by atoms with Gasteiger partial charge in [0.05, 0.1) is 19.7 Å². The van der Waals surface area contributed by atoms with E-state index < -0.39 is 21.2 Å². The molecule has 6 heteroatoms. The van der Waals surface area contributed by atoms with Crippen molar-refractivity contribution in [2.24, 2.45) is 7.05 Å². The lowest BCUT2D eigenvalue weighted by Gasteiger charge is -2.08. The summed E-state index contributed by atoms with van der Waals surface area (Å²) in [6.45, 7) is 0. The van der Waals surface area contributed by atoms with Gasteiger partial charge in [0.1, 0.15) is 11.5 Å². The van der Waals surface area contributed by atoms with Gasteiger partial charge in [-0.2, -0.15) is 0 Å². The number of fused-ring (bicyclic) bond motifs is 1. The Bertz CT molecular complexity index is 948. The summed E-state index contributed by atoms with van der Waals surface area (Å²) in [5, 5.41) is 11.3. The van der Waals surface area contributed by atoms with Gasteiger partial charge in [0.15, 0.2) is 9.32 Å². The van der Waals surface area contributed by atoms with E-state index in [-0.39, 0.29) is 11.3 Å². The van der Waals surface area contributed by atoms with Crippen LogP contribution in [0.15, 0.2) is 47.3 Å². The number of rotatable bonds is 4. The number of benzene rings is 2. The van der Waals surface area contributed by atoms with Gasteiger partial charge in [0.2, 0.25) is 0 Å². The predicted molar refractivity (Wildman–Crippen MR) is 87.8 cm³/mol. The van der Waals surface area contributed by atoms with Crippen LogP contribution in [0.1, 0.15) is 0 Å². The standard InChI is InChI=1S/C18H16INO4/c1-20-15-10-13(24-3)8-9-14(15)17(21)16(18(20)22)19-11-4-6-12(23-2)7-5-11/h4-10H,1-3H3/p+1. The van der Waals surface area contributed by atoms with Crippen LogP contribution >= 0.6 is 0 Å². The normalized spacial score (nSPS) is 10.8. The smallest absolute Gasteiger partial charge is 0.368 e. The molecule has 0 bridgehead atoms. The van der Waals surface area contributed by atoms with E-state index in [1.165, 1.54) is 0 Å². The Balaban J connectivity index is 2.12. The molecule has 0 aliphatic heterocycles. The third-order valence-corrected chi connectivity index (χ3v) is 6.63. The molecular weight excluding hydrogens is 421 g/mol. The Morgan fingerprint density at radius 2 is 1.62 bits per heavy atom. The highest BCUT2D eigenvalue weighted by Crippen LogP contribution is 2.25. The zero-order valence-corrected chi connectivity index (χ0v) is 15.7. The van der Waals surface area contributed by atoms with Crippen molar-refractivity contribution < 1.29 is 35.8 Å². The molecule has 0 aliphatic rings. The van der Waals surface area contributed by atoms with E-state index in [2.05, 4.69) is 0 Å². The first-order chi connectivity index (χ1) is 11.5. The molecule has 0 saturated heterocycles. The summed E-state index contributed by atoms with van der Waals surface area (Å²) in [6, 6.07) is 12.9. The van der Waals surface area contributed by atoms with E-state index >= 15 is 0 Å². The number of aryl methyl sites for hydroxylation is 1. The van der Waals surface area contributed by atoms with Gasteiger partial charge in [-0.15, -0.1) is 0 Å². The fraction of sp³-hybridized carbons (Fsp3) is 0.167. The monoisotopic (exact) mass is 438 g/mol. The Labute approximate surface area is 149 Å². The van der Waals surface area contributed by atoms with Crippen molar-refractivity contribution in [3.63, 3.8) is 0 Å². The maximum Gasteiger partial charge on any atom is 0.368 e. The molecule has 0 radical (unpaired) electrons. The highest BCUT2D eigenvalue weighted by molar-refractivity contribution is 5.86. The topological polar surface area (TPSA) is 60.7 Å². The summed E-state index contributed by atoms with van der Waals surface area (Å²) >= 11 is -0.806. The van der Waals surface area contributed by atoms with Crippen molar-refractivity contribution in [2.45, 2.75) is 0 Å². The second-order valence-corrected chi connectivity index (χ2v) is 8.03. The third-order valence-electron chi connectivity index (χ3n) is 3.77. The average molecular weight is 438 g/mol. The van der Waals surface area contributed by atoms with Crippen LogP contribution in [0.3, 0.4) is 0 Å². The molecule has 0 spiro atoms. The summed E-state index contributed by atoms with van der Waals surface area (Å²) in [6.07, 6.45) is 0. The van der Waals surface area contributed by atoms with Crippen molar-refractivity contribution in [2.75, 3.05) is 14.2 Å². The molecule has 1 N–H and O–H groups in total. The lowest BCUT2D eigenvalue weighted by atomic mass is 10.2. The van der Waals surface area contributed by atoms with Crippen LogP contribution < -0.4 is 36.2 Å². The van der Waals surface area contributed by atoms with Crippen molar-refractivity contribution in [3.05, 3.63) is 60.0 Å². The fourth-order valence-electron chi connectivity index (χ4n) is 2.42. The minimum atomic E-state index is -0.806. The average Bonchev–Trinajstić information content (AvgIpc) is 2.63. The molecule has 0 atom stereocenters. The second kappa shape index (κ2) is 6.72. The maximum atomic E-state index is 12.7. The Hall–Kier alpha value is -2.22. The lowest BCUT2D eigenvalue weighted by molar-refractivity contribution is -0.600. The number of ether oxygens (including phenoxy) is 2. The molecule has 5 nitrogen and oxygen atoms in total. The molecule has 0 aliphatic carbocycles. The number of hydrogen-bond acceptors (Lipinski definition) is 4. The van der Waals surface area contributed by atoms with E-state index in [0.29, 0.717) is 20.2 Å². The van der Waals surface area contributed by atoms with Crippen molar-refractivity contribution in [1.29, 1.82) is 0 Å². The molecule has 0 amide bonds. The Kier molecular flexibility index (Phi) is 4.66. The number of hydrogen-bond donors (Lipinski definition) is 1. The van der Waals surface area contributed by atoms with Gasteiger partial charge in [-0.1, -0.05) is 0 Å². The molecule has 24 heavy (non-hydrogen) atoms. The molecule has 3 rings (SSSR count). The van der Waals surface area contributed by atoms with Gasteiger partial charge in [-0.25, -0.2) is 0 Å².